The number of aromatic nitrogens is 3. The summed E-state index contributed by atoms with van der Waals surface area (Å²) in [5.41, 5.74) is 8.85. The van der Waals surface area contributed by atoms with Gasteiger partial charge in [0.1, 0.15) is 0 Å². The van der Waals surface area contributed by atoms with E-state index in [1.54, 1.807) is 47.9 Å². The van der Waals surface area contributed by atoms with Crippen molar-refractivity contribution in [2.75, 3.05) is 17.8 Å². The van der Waals surface area contributed by atoms with Crippen LogP contribution in [0.5, 0.6) is 0 Å². The van der Waals surface area contributed by atoms with E-state index in [0.717, 1.165) is 15.1 Å². The molecule has 0 fully saturated rings. The maximum Gasteiger partial charge on any atom is 0.173 e. The van der Waals surface area contributed by atoms with Crippen molar-refractivity contribution in [2.24, 2.45) is 5.10 Å². The summed E-state index contributed by atoms with van der Waals surface area (Å²) in [6.45, 7) is 4.13. The molecule has 0 amide bonds. The van der Waals surface area contributed by atoms with Gasteiger partial charge in [0.25, 0.3) is 0 Å². The maximum absolute atomic E-state index is 7.54. The zero-order valence-corrected chi connectivity index (χ0v) is 14.5. The highest BCUT2D eigenvalue weighted by molar-refractivity contribution is 7.19. The van der Waals surface area contributed by atoms with Crippen molar-refractivity contribution in [3.05, 3.63) is 41.2 Å². The summed E-state index contributed by atoms with van der Waals surface area (Å²) < 4.78 is 1.08. The van der Waals surface area contributed by atoms with Crippen LogP contribution in [0.4, 0.5) is 11.5 Å². The Morgan fingerprint density at radius 3 is 3.08 bits per heavy atom. The van der Waals surface area contributed by atoms with E-state index in [4.69, 9.17) is 11.1 Å². The molecule has 3 aromatic heterocycles. The van der Waals surface area contributed by atoms with Crippen LogP contribution in [0.25, 0.3) is 15.8 Å². The Hall–Kier alpha value is -3.20. The van der Waals surface area contributed by atoms with Crippen LogP contribution in [0.3, 0.4) is 0 Å². The van der Waals surface area contributed by atoms with E-state index in [0.29, 0.717) is 29.3 Å². The predicted molar refractivity (Wildman–Crippen MR) is 104 cm³/mol. The van der Waals surface area contributed by atoms with Crippen molar-refractivity contribution in [3.63, 3.8) is 0 Å². The van der Waals surface area contributed by atoms with Crippen LogP contribution in [0.15, 0.2) is 35.7 Å². The van der Waals surface area contributed by atoms with Gasteiger partial charge in [0.05, 0.1) is 34.3 Å². The van der Waals surface area contributed by atoms with Crippen LogP contribution in [0, 0.1) is 5.41 Å². The normalized spacial score (nSPS) is 11.5. The molecule has 0 atom stereocenters. The lowest BCUT2D eigenvalue weighted by molar-refractivity contribution is 0.852. The number of H-pyrrole nitrogens is 1. The molecular formula is C16H18N8S. The van der Waals surface area contributed by atoms with Gasteiger partial charge in [-0.1, -0.05) is 0 Å². The Morgan fingerprint density at radius 2 is 2.40 bits per heavy atom. The quantitative estimate of drug-likeness (QED) is 0.384. The molecule has 0 aromatic carbocycles. The van der Waals surface area contributed by atoms with E-state index in [1.807, 2.05) is 6.07 Å². The number of pyridine rings is 1. The van der Waals surface area contributed by atoms with Gasteiger partial charge in [-0.2, -0.15) is 10.2 Å². The van der Waals surface area contributed by atoms with Crippen molar-refractivity contribution < 1.29 is 0 Å². The zero-order valence-electron chi connectivity index (χ0n) is 13.7. The Labute approximate surface area is 148 Å². The Morgan fingerprint density at radius 1 is 1.56 bits per heavy atom. The molecule has 0 aliphatic rings. The first-order valence-electron chi connectivity index (χ1n) is 7.47. The Kier molecular flexibility index (Phi) is 4.75. The second-order valence-electron chi connectivity index (χ2n) is 5.20. The number of nitrogen functional groups attached to an aromatic ring is 1. The molecule has 8 nitrogen and oxygen atoms in total. The summed E-state index contributed by atoms with van der Waals surface area (Å²) in [6, 6.07) is 5.55. The van der Waals surface area contributed by atoms with Crippen LogP contribution in [0.1, 0.15) is 10.6 Å². The van der Waals surface area contributed by atoms with Gasteiger partial charge >= 0.3 is 0 Å². The monoisotopic (exact) mass is 354 g/mol. The summed E-state index contributed by atoms with van der Waals surface area (Å²) in [5.74, 6) is 0.506. The highest BCUT2D eigenvalue weighted by Crippen LogP contribution is 2.29. The minimum absolute atomic E-state index is 0.493. The van der Waals surface area contributed by atoms with E-state index < -0.39 is 0 Å². The average molecular weight is 354 g/mol. The SMILES string of the molecule is C=NN(Cc1cc2[nH]ncc2s1)c1nc(/C(C=N)=C/NC)ccc1N. The average Bonchev–Trinajstić information content (AvgIpc) is 3.20. The molecule has 9 heteroatoms. The molecule has 0 aliphatic heterocycles. The number of nitrogens with one attached hydrogen (secondary N) is 3. The first kappa shape index (κ1) is 16.7. The van der Waals surface area contributed by atoms with Crippen molar-refractivity contribution in [1.82, 2.24) is 20.5 Å². The molecule has 3 aromatic rings. The molecule has 0 radical (unpaired) electrons. The number of nitrogens with zero attached hydrogens (tertiary/aromatic N) is 4. The summed E-state index contributed by atoms with van der Waals surface area (Å²) in [4.78, 5) is 5.65. The fourth-order valence-corrected chi connectivity index (χ4v) is 3.36. The Balaban J connectivity index is 1.94. The summed E-state index contributed by atoms with van der Waals surface area (Å²) in [7, 11) is 1.77. The summed E-state index contributed by atoms with van der Waals surface area (Å²) >= 11 is 1.62. The van der Waals surface area contributed by atoms with Gasteiger partial charge in [-0.25, -0.2) is 9.99 Å². The van der Waals surface area contributed by atoms with Crippen molar-refractivity contribution in [2.45, 2.75) is 6.54 Å². The fraction of sp³-hybridized carbons (Fsp3) is 0.125. The molecular weight excluding hydrogens is 336 g/mol. The number of hydrogen-bond donors (Lipinski definition) is 4. The number of thiophene rings is 1. The number of aromatic amines is 1. The van der Waals surface area contributed by atoms with Crippen LogP contribution in [-0.2, 0) is 6.54 Å². The highest BCUT2D eigenvalue weighted by Gasteiger charge is 2.15. The minimum atomic E-state index is 0.493. The minimum Gasteiger partial charge on any atom is -0.396 e. The van der Waals surface area contributed by atoms with Crippen molar-refractivity contribution in [1.29, 1.82) is 5.41 Å². The topological polar surface area (TPSA) is 119 Å². The third-order valence-corrected chi connectivity index (χ3v) is 4.61. The standard InChI is InChI=1S/C16H18N8S/c1-19-7-10(6-17)13-4-3-12(18)16(22-13)24(20-2)9-11-5-14-15(25-11)8-21-23-14/h3-8,17,19H,2,9,18H2,1H3,(H,21,23)/b10-7+,17-6?. The number of hydrazone groups is 1. The molecule has 3 heterocycles. The van der Waals surface area contributed by atoms with E-state index in [-0.39, 0.29) is 0 Å². The number of allylic oxidation sites excluding steroid dienone is 1. The van der Waals surface area contributed by atoms with E-state index in [9.17, 15) is 0 Å². The lowest BCUT2D eigenvalue weighted by atomic mass is 10.2. The van der Waals surface area contributed by atoms with Gasteiger partial charge in [-0.3, -0.25) is 5.10 Å². The Bertz CT molecular complexity index is 910. The van der Waals surface area contributed by atoms with Crippen LogP contribution in [-0.4, -0.2) is 35.2 Å². The smallest absolute Gasteiger partial charge is 0.173 e. The summed E-state index contributed by atoms with van der Waals surface area (Å²) in [6.07, 6.45) is 4.73. The molecule has 25 heavy (non-hydrogen) atoms. The molecule has 5 N–H and O–H groups in total. The van der Waals surface area contributed by atoms with E-state index in [1.165, 1.54) is 6.21 Å². The first-order chi connectivity index (χ1) is 12.2. The lowest BCUT2D eigenvalue weighted by Gasteiger charge is -2.19. The third-order valence-electron chi connectivity index (χ3n) is 3.56. The number of anilines is 2. The molecule has 0 aliphatic carbocycles. The van der Waals surface area contributed by atoms with Crippen molar-refractivity contribution >= 4 is 51.6 Å². The van der Waals surface area contributed by atoms with Crippen LogP contribution >= 0.6 is 11.3 Å². The first-order valence-corrected chi connectivity index (χ1v) is 8.28. The molecule has 0 spiro atoms. The van der Waals surface area contributed by atoms with Gasteiger partial charge < -0.3 is 16.5 Å². The van der Waals surface area contributed by atoms with Gasteiger partial charge in [-0.15, -0.1) is 11.3 Å². The lowest BCUT2D eigenvalue weighted by Crippen LogP contribution is -2.18. The number of rotatable bonds is 7. The number of fused-ring (bicyclic) bond motifs is 1. The zero-order chi connectivity index (χ0) is 17.8. The largest absolute Gasteiger partial charge is 0.396 e. The fourth-order valence-electron chi connectivity index (χ4n) is 2.39. The molecule has 0 saturated heterocycles. The number of nitrogens with two attached hydrogens (primary N) is 1. The van der Waals surface area contributed by atoms with E-state index >= 15 is 0 Å². The van der Waals surface area contributed by atoms with Crippen LogP contribution < -0.4 is 16.1 Å². The number of hydrogen-bond acceptors (Lipinski definition) is 8. The predicted octanol–water partition coefficient (Wildman–Crippen LogP) is 2.43. The summed E-state index contributed by atoms with van der Waals surface area (Å²) in [5, 5.41) is 23.1. The molecule has 0 unspecified atom stereocenters. The second kappa shape index (κ2) is 7.14. The van der Waals surface area contributed by atoms with Crippen molar-refractivity contribution in [3.8, 4) is 0 Å². The molecule has 128 valence electrons. The van der Waals surface area contributed by atoms with Gasteiger partial charge in [0, 0.05) is 36.6 Å². The second-order valence-corrected chi connectivity index (χ2v) is 6.37. The molecule has 3 rings (SSSR count). The van der Waals surface area contributed by atoms with Crippen LogP contribution in [0.2, 0.25) is 0 Å². The van der Waals surface area contributed by atoms with Gasteiger partial charge in [0.15, 0.2) is 5.82 Å². The molecule has 0 bridgehead atoms. The third kappa shape index (κ3) is 3.36. The highest BCUT2D eigenvalue weighted by atomic mass is 32.1. The van der Waals surface area contributed by atoms with Gasteiger partial charge in [-0.05, 0) is 18.2 Å². The van der Waals surface area contributed by atoms with Gasteiger partial charge in [0.2, 0.25) is 0 Å². The van der Waals surface area contributed by atoms with E-state index in [2.05, 4.69) is 32.3 Å². The maximum atomic E-state index is 7.54. The molecule has 0 saturated carbocycles.